The van der Waals surface area contributed by atoms with E-state index in [-0.39, 0.29) is 10.4 Å². The van der Waals surface area contributed by atoms with Crippen LogP contribution in [0.1, 0.15) is 27.0 Å². The molecule has 0 aliphatic rings. The molecule has 0 unspecified atom stereocenters. The first-order valence-corrected chi connectivity index (χ1v) is 12.4. The molecule has 168 valence electrons. The van der Waals surface area contributed by atoms with Gasteiger partial charge in [-0.2, -0.15) is 0 Å². The van der Waals surface area contributed by atoms with Crippen molar-refractivity contribution in [3.05, 3.63) is 64.0 Å². The summed E-state index contributed by atoms with van der Waals surface area (Å²) in [5.41, 5.74) is 0.543. The maximum atomic E-state index is 12.5. The van der Waals surface area contributed by atoms with Gasteiger partial charge in [0.25, 0.3) is 5.91 Å². The van der Waals surface area contributed by atoms with E-state index in [0.29, 0.717) is 10.7 Å². The topological polar surface area (TPSA) is 119 Å². The molecule has 32 heavy (non-hydrogen) atoms. The Kier molecular flexibility index (Phi) is 7.17. The zero-order valence-electron chi connectivity index (χ0n) is 17.0. The van der Waals surface area contributed by atoms with E-state index in [4.69, 9.17) is 16.3 Å². The number of sulfonamides is 1. The van der Waals surface area contributed by atoms with Gasteiger partial charge in [0.1, 0.15) is 11.4 Å². The Bertz CT molecular complexity index is 1290. The van der Waals surface area contributed by atoms with Crippen molar-refractivity contribution >= 4 is 66.4 Å². The molecule has 0 aliphatic heterocycles. The monoisotopic (exact) mass is 494 g/mol. The highest BCUT2D eigenvalue weighted by Crippen LogP contribution is 2.34. The van der Waals surface area contributed by atoms with Gasteiger partial charge >= 0.3 is 5.97 Å². The molecule has 1 aromatic heterocycles. The molecule has 8 nitrogen and oxygen atoms in total. The van der Waals surface area contributed by atoms with Crippen molar-refractivity contribution in [2.75, 3.05) is 17.5 Å². The van der Waals surface area contributed by atoms with Crippen molar-refractivity contribution in [3.8, 4) is 0 Å². The van der Waals surface area contributed by atoms with Gasteiger partial charge in [-0.25, -0.2) is 8.42 Å². The fourth-order valence-corrected chi connectivity index (χ4v) is 4.83. The lowest BCUT2D eigenvalue weighted by Gasteiger charge is -2.13. The van der Waals surface area contributed by atoms with Crippen molar-refractivity contribution in [3.63, 3.8) is 0 Å². The smallest absolute Gasteiger partial charge is 0.326 e. The van der Waals surface area contributed by atoms with E-state index in [0.717, 1.165) is 16.3 Å². The van der Waals surface area contributed by atoms with E-state index in [2.05, 4.69) is 10.0 Å². The second-order valence-electron chi connectivity index (χ2n) is 6.87. The molecule has 2 aromatic carbocycles. The Morgan fingerprint density at radius 1 is 1.09 bits per heavy atom. The van der Waals surface area contributed by atoms with Crippen LogP contribution in [0.2, 0.25) is 5.02 Å². The normalized spacial score (nSPS) is 12.2. The second kappa shape index (κ2) is 9.68. The van der Waals surface area contributed by atoms with Crippen LogP contribution in [0.5, 0.6) is 0 Å². The molecule has 2 N–H and O–H groups in total. The molecule has 3 rings (SSSR count). The minimum absolute atomic E-state index is 0.241. The zero-order chi connectivity index (χ0) is 23.5. The number of hydrogen-bond acceptors (Lipinski definition) is 7. The van der Waals surface area contributed by atoms with Gasteiger partial charge in [0, 0.05) is 21.3 Å². The van der Waals surface area contributed by atoms with Gasteiger partial charge in [0.05, 0.1) is 11.3 Å². The first kappa shape index (κ1) is 23.7. The number of Topliss-reactive ketones (excluding diaryl/α,β-unsaturated/α-hetero) is 1. The molecule has 1 heterocycles. The molecule has 11 heteroatoms. The molecule has 0 spiro atoms. The van der Waals surface area contributed by atoms with Gasteiger partial charge < -0.3 is 10.1 Å². The molecule has 1 atom stereocenters. The maximum Gasteiger partial charge on any atom is 0.326 e. The molecular weight excluding hydrogens is 476 g/mol. The predicted molar refractivity (Wildman–Crippen MR) is 124 cm³/mol. The Morgan fingerprint density at radius 2 is 1.75 bits per heavy atom. The van der Waals surface area contributed by atoms with E-state index in [9.17, 15) is 22.8 Å². The summed E-state index contributed by atoms with van der Waals surface area (Å²) in [6.45, 7) is 0.978. The number of thiophene rings is 1. The highest BCUT2D eigenvalue weighted by molar-refractivity contribution is 7.92. The molecule has 0 bridgehead atoms. The average Bonchev–Trinajstić information content (AvgIpc) is 3.08. The molecule has 3 aromatic rings. The van der Waals surface area contributed by atoms with Crippen molar-refractivity contribution in [2.45, 2.75) is 13.0 Å². The van der Waals surface area contributed by atoms with Crippen LogP contribution in [-0.4, -0.2) is 45.0 Å². The fraction of sp³-hybridized carbons (Fsp3) is 0.190. The molecule has 0 radical (unpaired) electrons. The van der Waals surface area contributed by atoms with Crippen molar-refractivity contribution in [1.82, 2.24) is 5.32 Å². The van der Waals surface area contributed by atoms with Gasteiger partial charge in [0.2, 0.25) is 15.8 Å². The number of fused-ring (bicyclic) bond motifs is 1. The van der Waals surface area contributed by atoms with Crippen molar-refractivity contribution in [2.24, 2.45) is 0 Å². The van der Waals surface area contributed by atoms with Crippen LogP contribution in [0, 0.1) is 0 Å². The van der Waals surface area contributed by atoms with Gasteiger partial charge in [-0.1, -0.05) is 29.8 Å². The summed E-state index contributed by atoms with van der Waals surface area (Å²) in [6, 6.07) is 13.0. The number of esters is 1. The fourth-order valence-electron chi connectivity index (χ4n) is 2.84. The van der Waals surface area contributed by atoms with Gasteiger partial charge in [-0.3, -0.25) is 19.1 Å². The number of nitrogens with one attached hydrogen (secondary N) is 2. The highest BCUT2D eigenvalue weighted by atomic mass is 35.5. The largest absolute Gasteiger partial charge is 0.453 e. The molecule has 1 amide bonds. The van der Waals surface area contributed by atoms with Crippen LogP contribution >= 0.6 is 22.9 Å². The number of benzene rings is 2. The lowest BCUT2D eigenvalue weighted by Crippen LogP contribution is -2.33. The lowest BCUT2D eigenvalue weighted by molar-refractivity contribution is -0.145. The van der Waals surface area contributed by atoms with Gasteiger partial charge in [-0.05, 0) is 37.3 Å². The zero-order valence-corrected chi connectivity index (χ0v) is 19.4. The van der Waals surface area contributed by atoms with Crippen LogP contribution in [0.4, 0.5) is 5.69 Å². The number of rotatable bonds is 8. The Balaban J connectivity index is 1.55. The number of carbonyl (C=O) groups is 3. The van der Waals surface area contributed by atoms with E-state index in [1.807, 2.05) is 18.2 Å². The standard InChI is InChI=1S/C21H19ClN2O6S2/c1-12(19(26)13-7-9-14(10-8-13)24-32(2,28)29)30-17(25)11-23-21(27)20-18(22)15-5-3-4-6-16(15)31-20/h3-10,12,24H,11H2,1-2H3,(H,23,27)/t12-/m0/s1. The van der Waals surface area contributed by atoms with Gasteiger partial charge in [0.15, 0.2) is 6.10 Å². The quantitative estimate of drug-likeness (QED) is 0.365. The summed E-state index contributed by atoms with van der Waals surface area (Å²) >= 11 is 7.47. The van der Waals surface area contributed by atoms with Crippen LogP contribution in [0.3, 0.4) is 0 Å². The SMILES string of the molecule is C[C@H](OC(=O)CNC(=O)c1sc2ccccc2c1Cl)C(=O)c1ccc(NS(C)(=O)=O)cc1. The van der Waals surface area contributed by atoms with Gasteiger partial charge in [-0.15, -0.1) is 11.3 Å². The molecule has 0 saturated heterocycles. The minimum Gasteiger partial charge on any atom is -0.453 e. The van der Waals surface area contributed by atoms with Crippen LogP contribution in [0.15, 0.2) is 48.5 Å². The summed E-state index contributed by atoms with van der Waals surface area (Å²) in [5.74, 6) is -1.77. The van der Waals surface area contributed by atoms with E-state index < -0.39 is 40.3 Å². The number of ether oxygens (including phenoxy) is 1. The van der Waals surface area contributed by atoms with Crippen LogP contribution in [-0.2, 0) is 19.6 Å². The summed E-state index contributed by atoms with van der Waals surface area (Å²) in [6.07, 6.45) is -0.0813. The Morgan fingerprint density at radius 3 is 2.38 bits per heavy atom. The molecular formula is C21H19ClN2O6S2. The number of halogens is 1. The maximum absolute atomic E-state index is 12.5. The third kappa shape index (κ3) is 5.84. The second-order valence-corrected chi connectivity index (χ2v) is 10.1. The third-order valence-electron chi connectivity index (χ3n) is 4.28. The number of hydrogen-bond donors (Lipinski definition) is 2. The summed E-state index contributed by atoms with van der Waals surface area (Å²) in [7, 11) is -3.43. The number of ketones is 1. The number of amides is 1. The molecule has 0 aliphatic carbocycles. The molecule has 0 saturated carbocycles. The Labute approximate surface area is 193 Å². The first-order valence-electron chi connectivity index (χ1n) is 9.32. The first-order chi connectivity index (χ1) is 15.0. The van der Waals surface area contributed by atoms with Crippen molar-refractivity contribution < 1.29 is 27.5 Å². The Hall–Kier alpha value is -2.95. The van der Waals surface area contributed by atoms with Crippen LogP contribution < -0.4 is 10.0 Å². The van der Waals surface area contributed by atoms with Crippen molar-refractivity contribution in [1.29, 1.82) is 0 Å². The molecule has 0 fully saturated rings. The lowest BCUT2D eigenvalue weighted by atomic mass is 10.1. The number of carbonyl (C=O) groups excluding carboxylic acids is 3. The third-order valence-corrected chi connectivity index (χ3v) is 6.57. The predicted octanol–water partition coefficient (Wildman–Crippen LogP) is 3.47. The minimum atomic E-state index is -3.43. The van der Waals surface area contributed by atoms with E-state index in [1.54, 1.807) is 6.07 Å². The van der Waals surface area contributed by atoms with Crippen LogP contribution in [0.25, 0.3) is 10.1 Å². The van der Waals surface area contributed by atoms with E-state index in [1.165, 1.54) is 42.5 Å². The summed E-state index contributed by atoms with van der Waals surface area (Å²) in [4.78, 5) is 37.2. The van der Waals surface area contributed by atoms with E-state index >= 15 is 0 Å². The summed E-state index contributed by atoms with van der Waals surface area (Å²) < 4.78 is 30.7. The average molecular weight is 495 g/mol. The summed E-state index contributed by atoms with van der Waals surface area (Å²) in [5, 5.41) is 3.52. The number of anilines is 1. The highest BCUT2D eigenvalue weighted by Gasteiger charge is 2.21.